The summed E-state index contributed by atoms with van der Waals surface area (Å²) < 4.78 is 7.47. The number of benzene rings is 1. The van der Waals surface area contributed by atoms with E-state index >= 15 is 0 Å². The predicted molar refractivity (Wildman–Crippen MR) is 124 cm³/mol. The number of halogens is 1. The summed E-state index contributed by atoms with van der Waals surface area (Å²) in [4.78, 5) is 17.8. The van der Waals surface area contributed by atoms with Crippen LogP contribution in [0.4, 0.5) is 5.82 Å². The summed E-state index contributed by atoms with van der Waals surface area (Å²) in [5.74, 6) is 1.61. The molecule has 0 saturated heterocycles. The first-order chi connectivity index (χ1) is 15.1. The fraction of sp³-hybridized carbons (Fsp3) is 0.143. The molecule has 1 amide bonds. The molecule has 0 aliphatic carbocycles. The molecule has 0 aliphatic heterocycles. The number of methoxy groups -OCH3 is 1. The summed E-state index contributed by atoms with van der Waals surface area (Å²) in [7, 11) is 1.62. The van der Waals surface area contributed by atoms with E-state index in [0.29, 0.717) is 27.6 Å². The topological polar surface area (TPSA) is 81.9 Å². The Bertz CT molecular complexity index is 1180. The van der Waals surface area contributed by atoms with Crippen LogP contribution >= 0.6 is 34.7 Å². The van der Waals surface area contributed by atoms with Gasteiger partial charge in [-0.25, -0.2) is 4.98 Å². The standard InChI is InChI=1S/C21H18ClN5O2S2/c1-13(20(28)24-18-10-9-14(22)12-23-18)31-21-26-25-19(17-8-5-11-30-17)27(21)15-6-3-4-7-16(15)29-2/h3-13H,1-2H3,(H,23,24,28)/t13-/m0/s1. The smallest absolute Gasteiger partial charge is 0.238 e. The number of amides is 1. The highest BCUT2D eigenvalue weighted by Gasteiger charge is 2.24. The van der Waals surface area contributed by atoms with Crippen molar-refractivity contribution < 1.29 is 9.53 Å². The van der Waals surface area contributed by atoms with Crippen LogP contribution in [0, 0.1) is 0 Å². The first-order valence-electron chi connectivity index (χ1n) is 9.28. The van der Waals surface area contributed by atoms with Crippen molar-refractivity contribution >= 4 is 46.4 Å². The van der Waals surface area contributed by atoms with Crippen LogP contribution in [0.15, 0.2) is 65.3 Å². The zero-order valence-corrected chi connectivity index (χ0v) is 19.0. The Morgan fingerprint density at radius 1 is 1.19 bits per heavy atom. The molecule has 0 radical (unpaired) electrons. The highest BCUT2D eigenvalue weighted by atomic mass is 35.5. The maximum Gasteiger partial charge on any atom is 0.238 e. The summed E-state index contributed by atoms with van der Waals surface area (Å²) in [6.45, 7) is 1.81. The van der Waals surface area contributed by atoms with Gasteiger partial charge in [-0.3, -0.25) is 9.36 Å². The lowest BCUT2D eigenvalue weighted by molar-refractivity contribution is -0.115. The zero-order valence-electron chi connectivity index (χ0n) is 16.7. The molecule has 4 rings (SSSR count). The van der Waals surface area contributed by atoms with Gasteiger partial charge in [0, 0.05) is 6.20 Å². The highest BCUT2D eigenvalue weighted by molar-refractivity contribution is 8.00. The third-order valence-electron chi connectivity index (χ3n) is 4.33. The summed E-state index contributed by atoms with van der Waals surface area (Å²) in [5, 5.41) is 14.2. The number of pyridine rings is 1. The fourth-order valence-corrected chi connectivity index (χ4v) is 4.50. The molecule has 7 nitrogen and oxygen atoms in total. The Kier molecular flexibility index (Phi) is 6.55. The third kappa shape index (κ3) is 4.73. The quantitative estimate of drug-likeness (QED) is 0.374. The predicted octanol–water partition coefficient (Wildman–Crippen LogP) is 5.17. The van der Waals surface area contributed by atoms with Crippen LogP contribution in [0.5, 0.6) is 5.75 Å². The van der Waals surface area contributed by atoms with Crippen molar-refractivity contribution in [3.05, 3.63) is 65.1 Å². The number of anilines is 1. The number of rotatable bonds is 7. The maximum atomic E-state index is 12.7. The molecule has 0 fully saturated rings. The van der Waals surface area contributed by atoms with Gasteiger partial charge in [0.05, 0.1) is 27.9 Å². The molecule has 10 heteroatoms. The molecule has 0 bridgehead atoms. The van der Waals surface area contributed by atoms with Gasteiger partial charge in [0.1, 0.15) is 11.6 Å². The number of aromatic nitrogens is 4. The number of carbonyl (C=O) groups excluding carboxylic acids is 1. The Morgan fingerprint density at radius 2 is 2.03 bits per heavy atom. The molecule has 3 heterocycles. The molecule has 31 heavy (non-hydrogen) atoms. The molecule has 4 aromatic rings. The van der Waals surface area contributed by atoms with Crippen molar-refractivity contribution in [3.63, 3.8) is 0 Å². The number of hydrogen-bond acceptors (Lipinski definition) is 7. The molecule has 0 saturated carbocycles. The van der Waals surface area contributed by atoms with E-state index in [4.69, 9.17) is 16.3 Å². The van der Waals surface area contributed by atoms with E-state index < -0.39 is 5.25 Å². The minimum absolute atomic E-state index is 0.202. The van der Waals surface area contributed by atoms with E-state index in [9.17, 15) is 4.79 Å². The number of nitrogens with zero attached hydrogens (tertiary/aromatic N) is 4. The molecule has 1 atom stereocenters. The van der Waals surface area contributed by atoms with E-state index in [0.717, 1.165) is 10.6 Å². The number of thioether (sulfide) groups is 1. The van der Waals surface area contributed by atoms with E-state index in [-0.39, 0.29) is 5.91 Å². The van der Waals surface area contributed by atoms with E-state index in [2.05, 4.69) is 20.5 Å². The van der Waals surface area contributed by atoms with Crippen LogP contribution < -0.4 is 10.1 Å². The summed E-state index contributed by atoms with van der Waals surface area (Å²) >= 11 is 8.73. The van der Waals surface area contributed by atoms with Crippen LogP contribution in [-0.4, -0.2) is 38.0 Å². The van der Waals surface area contributed by atoms with E-state index in [1.165, 1.54) is 18.0 Å². The fourth-order valence-electron chi connectivity index (χ4n) is 2.83. The van der Waals surface area contributed by atoms with Crippen LogP contribution in [0.25, 0.3) is 16.4 Å². The Labute approximate surface area is 192 Å². The largest absolute Gasteiger partial charge is 0.495 e. The van der Waals surface area contributed by atoms with Gasteiger partial charge in [-0.1, -0.05) is 41.6 Å². The van der Waals surface area contributed by atoms with Crippen molar-refractivity contribution in [3.8, 4) is 22.1 Å². The number of hydrogen-bond donors (Lipinski definition) is 1. The molecule has 0 aliphatic rings. The molecule has 0 unspecified atom stereocenters. The van der Waals surface area contributed by atoms with Crippen LogP contribution in [0.1, 0.15) is 6.92 Å². The van der Waals surface area contributed by atoms with E-state index in [1.807, 2.05) is 53.3 Å². The average molecular weight is 472 g/mol. The maximum absolute atomic E-state index is 12.7. The number of carbonyl (C=O) groups is 1. The molecular formula is C21H18ClN5O2S2. The van der Waals surface area contributed by atoms with Crippen LogP contribution in [0.2, 0.25) is 5.02 Å². The van der Waals surface area contributed by atoms with Gasteiger partial charge in [0.2, 0.25) is 5.91 Å². The Hall–Kier alpha value is -2.88. The lowest BCUT2D eigenvalue weighted by atomic mass is 10.3. The zero-order chi connectivity index (χ0) is 21.8. The monoisotopic (exact) mass is 471 g/mol. The van der Waals surface area contributed by atoms with Gasteiger partial charge >= 0.3 is 0 Å². The molecule has 1 N–H and O–H groups in total. The summed E-state index contributed by atoms with van der Waals surface area (Å²) in [5.41, 5.74) is 0.799. The number of ether oxygens (including phenoxy) is 1. The second-order valence-corrected chi connectivity index (χ2v) is 9.09. The lowest BCUT2D eigenvalue weighted by Crippen LogP contribution is -2.23. The molecule has 3 aromatic heterocycles. The van der Waals surface area contributed by atoms with Gasteiger partial charge in [0.15, 0.2) is 11.0 Å². The van der Waals surface area contributed by atoms with Crippen molar-refractivity contribution in [1.29, 1.82) is 0 Å². The minimum atomic E-state index is -0.452. The van der Waals surface area contributed by atoms with Crippen molar-refractivity contribution in [2.75, 3.05) is 12.4 Å². The minimum Gasteiger partial charge on any atom is -0.495 e. The molecule has 0 spiro atoms. The highest BCUT2D eigenvalue weighted by Crippen LogP contribution is 2.35. The van der Waals surface area contributed by atoms with Crippen molar-refractivity contribution in [1.82, 2.24) is 19.7 Å². The van der Waals surface area contributed by atoms with Crippen LogP contribution in [0.3, 0.4) is 0 Å². The van der Waals surface area contributed by atoms with Gasteiger partial charge < -0.3 is 10.1 Å². The second-order valence-electron chi connectivity index (χ2n) is 6.40. The Balaban J connectivity index is 1.65. The van der Waals surface area contributed by atoms with E-state index in [1.54, 1.807) is 30.6 Å². The number of thiophene rings is 1. The molecule has 158 valence electrons. The van der Waals surface area contributed by atoms with Crippen LogP contribution in [-0.2, 0) is 4.79 Å². The van der Waals surface area contributed by atoms with Gasteiger partial charge in [-0.05, 0) is 42.6 Å². The average Bonchev–Trinajstić information content (AvgIpc) is 3.45. The molecule has 1 aromatic carbocycles. The third-order valence-corrected chi connectivity index (χ3v) is 6.46. The second kappa shape index (κ2) is 9.51. The number of para-hydroxylation sites is 2. The van der Waals surface area contributed by atoms with Gasteiger partial charge in [0.25, 0.3) is 0 Å². The summed E-state index contributed by atoms with van der Waals surface area (Å²) in [6.07, 6.45) is 1.49. The van der Waals surface area contributed by atoms with Crippen molar-refractivity contribution in [2.45, 2.75) is 17.3 Å². The lowest BCUT2D eigenvalue weighted by Gasteiger charge is -2.15. The first-order valence-corrected chi connectivity index (χ1v) is 11.4. The van der Waals surface area contributed by atoms with Crippen molar-refractivity contribution in [2.24, 2.45) is 0 Å². The van der Waals surface area contributed by atoms with Gasteiger partial charge in [-0.15, -0.1) is 21.5 Å². The molecular weight excluding hydrogens is 454 g/mol. The van der Waals surface area contributed by atoms with Gasteiger partial charge in [-0.2, -0.15) is 0 Å². The first kappa shape index (κ1) is 21.4. The normalized spacial score (nSPS) is 11.8. The summed E-state index contributed by atoms with van der Waals surface area (Å²) in [6, 6.07) is 14.9. The number of nitrogens with one attached hydrogen (secondary N) is 1. The Morgan fingerprint density at radius 3 is 2.74 bits per heavy atom. The SMILES string of the molecule is COc1ccccc1-n1c(S[C@@H](C)C(=O)Nc2ccc(Cl)cn2)nnc1-c1cccs1.